The number of imide groups is 1. The summed E-state index contributed by atoms with van der Waals surface area (Å²) in [6, 6.07) is 5.59. The Labute approximate surface area is 170 Å². The zero-order chi connectivity index (χ0) is 21.2. The maximum atomic E-state index is 13.6. The normalized spacial score (nSPS) is 19.9. The van der Waals surface area contributed by atoms with Gasteiger partial charge < -0.3 is 15.1 Å². The summed E-state index contributed by atoms with van der Waals surface area (Å²) in [4.78, 5) is 42.6. The second kappa shape index (κ2) is 8.49. The number of nitrogens with zero attached hydrogens (tertiary/aromatic N) is 3. The third kappa shape index (κ3) is 4.12. The molecule has 3 rings (SSSR count). The number of amides is 4. The van der Waals surface area contributed by atoms with Crippen molar-refractivity contribution < 1.29 is 18.8 Å². The minimum atomic E-state index is -0.788. The van der Waals surface area contributed by atoms with E-state index < -0.39 is 17.5 Å². The zero-order valence-electron chi connectivity index (χ0n) is 17.3. The number of likely N-dealkylation sites (N-methyl/N-ethyl adjacent to an activating group) is 2. The summed E-state index contributed by atoms with van der Waals surface area (Å²) < 4.78 is 13.6. The fraction of sp³-hybridized carbons (Fsp3) is 0.571. The van der Waals surface area contributed by atoms with Gasteiger partial charge in [-0.1, -0.05) is 31.4 Å². The van der Waals surface area contributed by atoms with Crippen LogP contribution in [0.4, 0.5) is 9.18 Å². The summed E-state index contributed by atoms with van der Waals surface area (Å²) in [7, 11) is 5.34. The molecule has 2 aliphatic rings. The first-order valence-corrected chi connectivity index (χ1v) is 10.0. The average Bonchev–Trinajstić information content (AvgIpc) is 2.85. The van der Waals surface area contributed by atoms with Crippen molar-refractivity contribution in [2.75, 3.05) is 34.2 Å². The van der Waals surface area contributed by atoms with E-state index in [0.29, 0.717) is 12.8 Å². The van der Waals surface area contributed by atoms with E-state index in [1.54, 1.807) is 19.2 Å². The molecule has 1 atom stereocenters. The van der Waals surface area contributed by atoms with Gasteiger partial charge in [-0.25, -0.2) is 9.18 Å². The summed E-state index contributed by atoms with van der Waals surface area (Å²) >= 11 is 0. The van der Waals surface area contributed by atoms with Gasteiger partial charge in [0.05, 0.1) is 6.04 Å². The lowest BCUT2D eigenvalue weighted by Crippen LogP contribution is -2.49. The van der Waals surface area contributed by atoms with E-state index in [1.165, 1.54) is 17.0 Å². The predicted octanol–water partition coefficient (Wildman–Crippen LogP) is 2.14. The molecule has 1 spiro atoms. The molecule has 0 bridgehead atoms. The van der Waals surface area contributed by atoms with Crippen LogP contribution in [0.3, 0.4) is 0 Å². The highest BCUT2D eigenvalue weighted by atomic mass is 19.1. The van der Waals surface area contributed by atoms with Gasteiger partial charge in [-0.05, 0) is 44.6 Å². The van der Waals surface area contributed by atoms with Crippen LogP contribution in [0.1, 0.15) is 43.7 Å². The van der Waals surface area contributed by atoms with Gasteiger partial charge in [-0.15, -0.1) is 0 Å². The third-order valence-corrected chi connectivity index (χ3v) is 6.13. The molecule has 0 radical (unpaired) electrons. The summed E-state index contributed by atoms with van der Waals surface area (Å²) in [5.41, 5.74) is -0.0480. The molecule has 29 heavy (non-hydrogen) atoms. The largest absolute Gasteiger partial charge is 0.353 e. The Morgan fingerprint density at radius 3 is 2.55 bits per heavy atom. The van der Waals surface area contributed by atoms with Crippen molar-refractivity contribution in [1.29, 1.82) is 0 Å². The van der Waals surface area contributed by atoms with Crippen molar-refractivity contribution in [2.45, 2.75) is 43.7 Å². The quantitative estimate of drug-likeness (QED) is 0.738. The standard InChI is InChI=1S/C21H29FN4O3/c1-24(2)17(15-8-7-9-16(22)12-15)13-23-18(27)14-26-19(28)21(25(3)20(26)29)10-5-4-6-11-21/h7-9,12,17H,4-6,10-11,13-14H2,1-3H3,(H,23,27). The Balaban J connectivity index is 1.64. The monoisotopic (exact) mass is 404 g/mol. The van der Waals surface area contributed by atoms with E-state index in [9.17, 15) is 18.8 Å². The van der Waals surface area contributed by atoms with Crippen LogP contribution in [0.5, 0.6) is 0 Å². The van der Waals surface area contributed by atoms with Crippen LogP contribution in [-0.4, -0.2) is 72.3 Å². The number of carbonyl (C=O) groups excluding carboxylic acids is 3. The van der Waals surface area contributed by atoms with Crippen molar-refractivity contribution in [1.82, 2.24) is 20.0 Å². The van der Waals surface area contributed by atoms with Gasteiger partial charge in [0, 0.05) is 13.6 Å². The Kier molecular flexibility index (Phi) is 6.21. The summed E-state index contributed by atoms with van der Waals surface area (Å²) in [5.74, 6) is -1.01. The van der Waals surface area contributed by atoms with E-state index in [0.717, 1.165) is 29.7 Å². The molecule has 158 valence electrons. The van der Waals surface area contributed by atoms with Crippen LogP contribution in [0, 0.1) is 5.82 Å². The van der Waals surface area contributed by atoms with Gasteiger partial charge in [0.2, 0.25) is 5.91 Å². The Morgan fingerprint density at radius 1 is 1.24 bits per heavy atom. The molecule has 1 aliphatic carbocycles. The SMILES string of the molecule is CN(C)C(CNC(=O)CN1C(=O)N(C)C2(CCCCC2)C1=O)c1cccc(F)c1. The van der Waals surface area contributed by atoms with E-state index in [1.807, 2.05) is 19.0 Å². The first kappa shape index (κ1) is 21.2. The molecule has 7 nitrogen and oxygen atoms in total. The molecule has 1 aromatic carbocycles. The molecule has 8 heteroatoms. The Bertz CT molecular complexity index is 792. The van der Waals surface area contributed by atoms with Gasteiger partial charge in [-0.3, -0.25) is 14.5 Å². The molecule has 1 aliphatic heterocycles. The summed E-state index contributed by atoms with van der Waals surface area (Å²) in [5, 5.41) is 2.79. The highest BCUT2D eigenvalue weighted by molar-refractivity contribution is 6.08. The number of urea groups is 1. The lowest BCUT2D eigenvalue weighted by Gasteiger charge is -2.35. The van der Waals surface area contributed by atoms with Crippen LogP contribution < -0.4 is 5.32 Å². The van der Waals surface area contributed by atoms with E-state index in [2.05, 4.69) is 5.32 Å². The third-order valence-electron chi connectivity index (χ3n) is 6.13. The minimum Gasteiger partial charge on any atom is -0.353 e. The minimum absolute atomic E-state index is 0.230. The average molecular weight is 404 g/mol. The maximum Gasteiger partial charge on any atom is 0.327 e. The molecular weight excluding hydrogens is 375 g/mol. The number of halogens is 1. The molecular formula is C21H29FN4O3. The lowest BCUT2D eigenvalue weighted by molar-refractivity contribution is -0.137. The number of hydrogen-bond acceptors (Lipinski definition) is 4. The van der Waals surface area contributed by atoms with Crippen LogP contribution in [0.25, 0.3) is 0 Å². The smallest absolute Gasteiger partial charge is 0.327 e. The number of rotatable bonds is 6. The van der Waals surface area contributed by atoms with Crippen LogP contribution in [0.2, 0.25) is 0 Å². The molecule has 1 saturated heterocycles. The highest BCUT2D eigenvalue weighted by Gasteiger charge is 2.55. The molecule has 1 heterocycles. The summed E-state index contributed by atoms with van der Waals surface area (Å²) in [6.07, 6.45) is 4.16. The summed E-state index contributed by atoms with van der Waals surface area (Å²) in [6.45, 7) is -0.0560. The fourth-order valence-corrected chi connectivity index (χ4v) is 4.39. The van der Waals surface area contributed by atoms with Crippen molar-refractivity contribution in [3.63, 3.8) is 0 Å². The maximum absolute atomic E-state index is 13.6. The van der Waals surface area contributed by atoms with Gasteiger partial charge in [-0.2, -0.15) is 0 Å². The van der Waals surface area contributed by atoms with Crippen molar-refractivity contribution in [3.05, 3.63) is 35.6 Å². The number of nitrogens with one attached hydrogen (secondary N) is 1. The van der Waals surface area contributed by atoms with Gasteiger partial charge in [0.25, 0.3) is 5.91 Å². The molecule has 1 N–H and O–H groups in total. The van der Waals surface area contributed by atoms with E-state index in [-0.39, 0.29) is 30.9 Å². The van der Waals surface area contributed by atoms with Gasteiger partial charge >= 0.3 is 6.03 Å². The van der Waals surface area contributed by atoms with Gasteiger partial charge in [0.15, 0.2) is 0 Å². The Morgan fingerprint density at radius 2 is 1.93 bits per heavy atom. The van der Waals surface area contributed by atoms with Crippen molar-refractivity contribution in [2.24, 2.45) is 0 Å². The fourth-order valence-electron chi connectivity index (χ4n) is 4.39. The highest BCUT2D eigenvalue weighted by Crippen LogP contribution is 2.39. The van der Waals surface area contributed by atoms with E-state index >= 15 is 0 Å². The van der Waals surface area contributed by atoms with Gasteiger partial charge in [0.1, 0.15) is 17.9 Å². The molecule has 1 unspecified atom stereocenters. The Hall–Kier alpha value is -2.48. The molecule has 1 saturated carbocycles. The molecule has 4 amide bonds. The predicted molar refractivity (Wildman–Crippen MR) is 107 cm³/mol. The number of benzene rings is 1. The van der Waals surface area contributed by atoms with E-state index in [4.69, 9.17) is 0 Å². The first-order valence-electron chi connectivity index (χ1n) is 10.0. The second-order valence-electron chi connectivity index (χ2n) is 8.16. The molecule has 0 aromatic heterocycles. The second-order valence-corrected chi connectivity index (χ2v) is 8.16. The lowest BCUT2D eigenvalue weighted by atomic mass is 9.81. The molecule has 1 aromatic rings. The van der Waals surface area contributed by atoms with Crippen molar-refractivity contribution in [3.8, 4) is 0 Å². The van der Waals surface area contributed by atoms with Crippen LogP contribution >= 0.6 is 0 Å². The number of hydrogen-bond donors (Lipinski definition) is 1. The topological polar surface area (TPSA) is 73.0 Å². The zero-order valence-corrected chi connectivity index (χ0v) is 17.3. The number of carbonyl (C=O) groups is 3. The first-order chi connectivity index (χ1) is 13.8. The van der Waals surface area contributed by atoms with Crippen molar-refractivity contribution >= 4 is 17.8 Å². The van der Waals surface area contributed by atoms with Crippen LogP contribution in [-0.2, 0) is 9.59 Å². The van der Waals surface area contributed by atoms with Crippen LogP contribution in [0.15, 0.2) is 24.3 Å². The molecule has 2 fully saturated rings.